The van der Waals surface area contributed by atoms with E-state index < -0.39 is 0 Å². The fourth-order valence-electron chi connectivity index (χ4n) is 1.35. The van der Waals surface area contributed by atoms with Crippen LogP contribution in [0.3, 0.4) is 0 Å². The Morgan fingerprint density at radius 2 is 2.14 bits per heavy atom. The van der Waals surface area contributed by atoms with Crippen molar-refractivity contribution >= 4 is 11.3 Å². The Morgan fingerprint density at radius 3 is 2.50 bits per heavy atom. The van der Waals surface area contributed by atoms with Crippen LogP contribution >= 0.6 is 11.3 Å². The normalized spacial score (nSPS) is 14.4. The molecule has 0 aliphatic rings. The fourth-order valence-corrected chi connectivity index (χ4v) is 2.31. The lowest BCUT2D eigenvalue weighted by Gasteiger charge is -2.14. The van der Waals surface area contributed by atoms with Crippen molar-refractivity contribution in [1.82, 2.24) is 10.3 Å². The van der Waals surface area contributed by atoms with Gasteiger partial charge in [0.05, 0.1) is 10.7 Å². The molecule has 2 nitrogen and oxygen atoms in total. The van der Waals surface area contributed by atoms with Crippen LogP contribution in [-0.2, 0) is 5.41 Å². The van der Waals surface area contributed by atoms with Gasteiger partial charge in [0, 0.05) is 16.8 Å². The molecule has 0 radical (unpaired) electrons. The van der Waals surface area contributed by atoms with Crippen LogP contribution in [0, 0.1) is 0 Å². The Morgan fingerprint density at radius 1 is 1.50 bits per heavy atom. The molecule has 0 saturated carbocycles. The second kappa shape index (κ2) is 4.41. The number of hydrogen-bond acceptors (Lipinski definition) is 3. The van der Waals surface area contributed by atoms with E-state index >= 15 is 0 Å². The van der Waals surface area contributed by atoms with Crippen LogP contribution in [0.5, 0.6) is 0 Å². The molecule has 0 fully saturated rings. The van der Waals surface area contributed by atoms with Gasteiger partial charge in [0.25, 0.3) is 0 Å². The minimum atomic E-state index is 0.176. The van der Waals surface area contributed by atoms with Crippen molar-refractivity contribution in [3.8, 4) is 0 Å². The molecule has 1 aromatic rings. The number of rotatable bonds is 3. The van der Waals surface area contributed by atoms with E-state index in [0.717, 1.165) is 6.42 Å². The second-order valence-electron chi connectivity index (χ2n) is 4.58. The molecule has 80 valence electrons. The van der Waals surface area contributed by atoms with Gasteiger partial charge in [0.2, 0.25) is 0 Å². The standard InChI is InChI=1S/C11H20N2S/c1-6-8(12-5)9-7-14-10(13-9)11(2,3)4/h7-8,12H,6H2,1-5H3. The molecule has 1 unspecified atom stereocenters. The molecule has 1 atom stereocenters. The Kier molecular flexibility index (Phi) is 3.67. The summed E-state index contributed by atoms with van der Waals surface area (Å²) >= 11 is 1.76. The highest BCUT2D eigenvalue weighted by molar-refractivity contribution is 7.09. The van der Waals surface area contributed by atoms with E-state index in [1.54, 1.807) is 11.3 Å². The van der Waals surface area contributed by atoms with Gasteiger partial charge in [0.15, 0.2) is 0 Å². The summed E-state index contributed by atoms with van der Waals surface area (Å²) in [5, 5.41) is 6.67. The number of nitrogens with zero attached hydrogens (tertiary/aromatic N) is 1. The summed E-state index contributed by atoms with van der Waals surface area (Å²) < 4.78 is 0. The number of aromatic nitrogens is 1. The van der Waals surface area contributed by atoms with Crippen molar-refractivity contribution < 1.29 is 0 Å². The number of thiazole rings is 1. The summed E-state index contributed by atoms with van der Waals surface area (Å²) in [6.07, 6.45) is 1.09. The summed E-state index contributed by atoms with van der Waals surface area (Å²) in [5.74, 6) is 0. The Bertz CT molecular complexity index is 282. The molecule has 0 aromatic carbocycles. The molecule has 0 amide bonds. The molecule has 0 aliphatic carbocycles. The van der Waals surface area contributed by atoms with E-state index in [0.29, 0.717) is 6.04 Å². The number of nitrogens with one attached hydrogen (secondary N) is 1. The maximum atomic E-state index is 4.68. The summed E-state index contributed by atoms with van der Waals surface area (Å²) in [5.41, 5.74) is 1.36. The summed E-state index contributed by atoms with van der Waals surface area (Å²) in [6, 6.07) is 0.405. The molecule has 1 aromatic heterocycles. The molecule has 0 spiro atoms. The van der Waals surface area contributed by atoms with Gasteiger partial charge in [-0.25, -0.2) is 4.98 Å². The topological polar surface area (TPSA) is 24.9 Å². The summed E-state index contributed by atoms with van der Waals surface area (Å²) in [7, 11) is 1.99. The zero-order chi connectivity index (χ0) is 10.8. The molecule has 0 bridgehead atoms. The highest BCUT2D eigenvalue weighted by Gasteiger charge is 2.19. The average molecular weight is 212 g/mol. The van der Waals surface area contributed by atoms with Gasteiger partial charge < -0.3 is 5.32 Å². The van der Waals surface area contributed by atoms with Gasteiger partial charge in [-0.2, -0.15) is 0 Å². The lowest BCUT2D eigenvalue weighted by atomic mass is 9.98. The zero-order valence-electron chi connectivity index (χ0n) is 9.72. The van der Waals surface area contributed by atoms with Gasteiger partial charge in [-0.1, -0.05) is 27.7 Å². The van der Waals surface area contributed by atoms with Crippen molar-refractivity contribution in [3.05, 3.63) is 16.1 Å². The predicted molar refractivity (Wildman–Crippen MR) is 62.9 cm³/mol. The van der Waals surface area contributed by atoms with Gasteiger partial charge in [-0.3, -0.25) is 0 Å². The average Bonchev–Trinajstić information content (AvgIpc) is 2.54. The van der Waals surface area contributed by atoms with Crippen LogP contribution in [0.25, 0.3) is 0 Å². The summed E-state index contributed by atoms with van der Waals surface area (Å²) in [4.78, 5) is 4.68. The van der Waals surface area contributed by atoms with Crippen LogP contribution in [0.1, 0.15) is 50.9 Å². The SMILES string of the molecule is CCC(NC)c1csc(C(C)(C)C)n1. The highest BCUT2D eigenvalue weighted by Crippen LogP contribution is 2.28. The maximum Gasteiger partial charge on any atom is 0.0982 e. The Hall–Kier alpha value is -0.410. The lowest BCUT2D eigenvalue weighted by Crippen LogP contribution is -2.17. The third kappa shape index (κ3) is 2.55. The molecule has 0 saturated heterocycles. The second-order valence-corrected chi connectivity index (χ2v) is 5.44. The van der Waals surface area contributed by atoms with E-state index in [2.05, 4.69) is 43.4 Å². The highest BCUT2D eigenvalue weighted by atomic mass is 32.1. The van der Waals surface area contributed by atoms with E-state index in [1.165, 1.54) is 10.7 Å². The van der Waals surface area contributed by atoms with E-state index in [4.69, 9.17) is 0 Å². The third-order valence-corrected chi connectivity index (χ3v) is 3.56. The van der Waals surface area contributed by atoms with Crippen molar-refractivity contribution in [3.63, 3.8) is 0 Å². The third-order valence-electron chi connectivity index (χ3n) is 2.28. The minimum absolute atomic E-state index is 0.176. The smallest absolute Gasteiger partial charge is 0.0982 e. The van der Waals surface area contributed by atoms with Gasteiger partial charge >= 0.3 is 0 Å². The first-order chi connectivity index (χ1) is 6.49. The zero-order valence-corrected chi connectivity index (χ0v) is 10.5. The van der Waals surface area contributed by atoms with Crippen molar-refractivity contribution in [2.24, 2.45) is 0 Å². The lowest BCUT2D eigenvalue weighted by molar-refractivity contribution is 0.545. The Labute approximate surface area is 90.8 Å². The first-order valence-corrected chi connectivity index (χ1v) is 6.00. The van der Waals surface area contributed by atoms with Crippen LogP contribution < -0.4 is 5.32 Å². The molecule has 3 heteroatoms. The Balaban J connectivity index is 2.87. The predicted octanol–water partition coefficient (Wildman–Crippen LogP) is 3.11. The molecular formula is C11H20N2S. The fraction of sp³-hybridized carbons (Fsp3) is 0.727. The van der Waals surface area contributed by atoms with Crippen LogP contribution in [-0.4, -0.2) is 12.0 Å². The summed E-state index contributed by atoms with van der Waals surface area (Å²) in [6.45, 7) is 8.79. The van der Waals surface area contributed by atoms with Crippen molar-refractivity contribution in [1.29, 1.82) is 0 Å². The van der Waals surface area contributed by atoms with Crippen molar-refractivity contribution in [2.75, 3.05) is 7.05 Å². The quantitative estimate of drug-likeness (QED) is 0.832. The molecule has 1 heterocycles. The van der Waals surface area contributed by atoms with Gasteiger partial charge in [-0.05, 0) is 13.5 Å². The minimum Gasteiger partial charge on any atom is -0.312 e. The monoisotopic (exact) mass is 212 g/mol. The van der Waals surface area contributed by atoms with Crippen molar-refractivity contribution in [2.45, 2.75) is 45.6 Å². The van der Waals surface area contributed by atoms with Crippen LogP contribution in [0.15, 0.2) is 5.38 Å². The van der Waals surface area contributed by atoms with E-state index in [-0.39, 0.29) is 5.41 Å². The largest absolute Gasteiger partial charge is 0.312 e. The van der Waals surface area contributed by atoms with E-state index in [1.807, 2.05) is 7.05 Å². The molecule has 1 N–H and O–H groups in total. The number of hydrogen-bond donors (Lipinski definition) is 1. The van der Waals surface area contributed by atoms with E-state index in [9.17, 15) is 0 Å². The van der Waals surface area contributed by atoms with Gasteiger partial charge in [-0.15, -0.1) is 11.3 Å². The molecule has 14 heavy (non-hydrogen) atoms. The first-order valence-electron chi connectivity index (χ1n) is 5.12. The molecule has 1 rings (SSSR count). The van der Waals surface area contributed by atoms with Crippen LogP contribution in [0.4, 0.5) is 0 Å². The first kappa shape index (κ1) is 11.7. The van der Waals surface area contributed by atoms with Gasteiger partial charge in [0.1, 0.15) is 0 Å². The molecule has 0 aliphatic heterocycles. The maximum absolute atomic E-state index is 4.68. The molecular weight excluding hydrogens is 192 g/mol. The van der Waals surface area contributed by atoms with Crippen LogP contribution in [0.2, 0.25) is 0 Å².